The molecular weight excluding hydrogens is 270 g/mol. The molecule has 0 N–H and O–H groups in total. The molecular formula is C16H15NO2S. The van der Waals surface area contributed by atoms with Crippen LogP contribution < -0.4 is 4.90 Å². The molecule has 0 unspecified atom stereocenters. The van der Waals surface area contributed by atoms with Crippen molar-refractivity contribution in [2.24, 2.45) is 0 Å². The minimum absolute atomic E-state index is 0.102. The molecule has 1 atom stereocenters. The molecule has 3 rings (SSSR count). The van der Waals surface area contributed by atoms with Crippen molar-refractivity contribution in [1.82, 2.24) is 0 Å². The Kier molecular flexibility index (Phi) is 3.56. The van der Waals surface area contributed by atoms with E-state index in [4.69, 9.17) is 4.74 Å². The van der Waals surface area contributed by atoms with E-state index in [2.05, 4.69) is 11.5 Å². The average molecular weight is 285 g/mol. The molecule has 0 saturated carbocycles. The standard InChI is InChI=1S/C16H15NO2S/c1-2-19-16(18)17-14-6-4-3-5-12(14)7-8-15(17)13-9-10-20-11-13/h3-11,15H,2H2,1H3/t15-/m1/s1. The zero-order valence-electron chi connectivity index (χ0n) is 11.2. The Morgan fingerprint density at radius 3 is 2.95 bits per heavy atom. The molecule has 0 fully saturated rings. The third-order valence-corrected chi connectivity index (χ3v) is 3.98. The molecule has 2 heterocycles. The van der Waals surface area contributed by atoms with Crippen molar-refractivity contribution in [2.75, 3.05) is 11.5 Å². The van der Waals surface area contributed by atoms with E-state index in [1.165, 1.54) is 0 Å². The predicted octanol–water partition coefficient (Wildman–Crippen LogP) is 4.48. The van der Waals surface area contributed by atoms with Crippen LogP contribution in [0.15, 0.2) is 47.2 Å². The largest absolute Gasteiger partial charge is 0.449 e. The Bertz CT molecular complexity index is 634. The highest BCUT2D eigenvalue weighted by atomic mass is 32.1. The van der Waals surface area contributed by atoms with E-state index >= 15 is 0 Å². The number of hydrogen-bond donors (Lipinski definition) is 0. The third-order valence-electron chi connectivity index (χ3n) is 3.28. The second-order valence-corrected chi connectivity index (χ2v) is 5.27. The van der Waals surface area contributed by atoms with Gasteiger partial charge in [-0.15, -0.1) is 0 Å². The molecule has 3 nitrogen and oxygen atoms in total. The van der Waals surface area contributed by atoms with Crippen LogP contribution in [0.2, 0.25) is 0 Å². The molecule has 1 amide bonds. The Morgan fingerprint density at radius 2 is 2.20 bits per heavy atom. The molecule has 0 saturated heterocycles. The summed E-state index contributed by atoms with van der Waals surface area (Å²) < 4.78 is 5.22. The van der Waals surface area contributed by atoms with E-state index in [0.717, 1.165) is 16.8 Å². The molecule has 0 radical (unpaired) electrons. The maximum Gasteiger partial charge on any atom is 0.415 e. The minimum Gasteiger partial charge on any atom is -0.449 e. The fourth-order valence-electron chi connectivity index (χ4n) is 2.39. The number of ether oxygens (including phenoxy) is 1. The van der Waals surface area contributed by atoms with Crippen molar-refractivity contribution >= 4 is 29.2 Å². The number of fused-ring (bicyclic) bond motifs is 1. The summed E-state index contributed by atoms with van der Waals surface area (Å²) in [6, 6.07) is 9.80. The lowest BCUT2D eigenvalue weighted by molar-refractivity contribution is 0.158. The molecule has 1 aromatic carbocycles. The summed E-state index contributed by atoms with van der Waals surface area (Å²) in [5.41, 5.74) is 3.03. The van der Waals surface area contributed by atoms with Crippen LogP contribution in [-0.2, 0) is 4.74 Å². The first-order valence-corrected chi connectivity index (χ1v) is 7.51. The third kappa shape index (κ3) is 2.23. The van der Waals surface area contributed by atoms with E-state index in [0.29, 0.717) is 6.61 Å². The summed E-state index contributed by atoms with van der Waals surface area (Å²) in [5.74, 6) is 0. The van der Waals surface area contributed by atoms with E-state index in [1.54, 1.807) is 16.2 Å². The number of para-hydroxylation sites is 1. The SMILES string of the molecule is CCOC(=O)N1c2ccccc2C=C[C@@H]1c1ccsc1. The summed E-state index contributed by atoms with van der Waals surface area (Å²) in [7, 11) is 0. The highest BCUT2D eigenvalue weighted by molar-refractivity contribution is 7.08. The van der Waals surface area contributed by atoms with Crippen LogP contribution in [0.25, 0.3) is 6.08 Å². The van der Waals surface area contributed by atoms with Crippen LogP contribution in [0.4, 0.5) is 10.5 Å². The lowest BCUT2D eigenvalue weighted by Gasteiger charge is -2.32. The Labute approximate surface area is 122 Å². The second-order valence-electron chi connectivity index (χ2n) is 4.49. The number of hydrogen-bond acceptors (Lipinski definition) is 3. The number of carbonyl (C=O) groups is 1. The van der Waals surface area contributed by atoms with E-state index < -0.39 is 0 Å². The van der Waals surface area contributed by atoms with Gasteiger partial charge in [0.25, 0.3) is 0 Å². The molecule has 2 aromatic rings. The van der Waals surface area contributed by atoms with Gasteiger partial charge >= 0.3 is 6.09 Å². The van der Waals surface area contributed by atoms with Crippen LogP contribution in [0.1, 0.15) is 24.1 Å². The molecule has 0 spiro atoms. The van der Waals surface area contributed by atoms with Gasteiger partial charge in [0.2, 0.25) is 0 Å². The summed E-state index contributed by atoms with van der Waals surface area (Å²) in [6.07, 6.45) is 3.80. The Balaban J connectivity index is 2.06. The normalized spacial score (nSPS) is 16.9. The molecule has 0 aliphatic carbocycles. The predicted molar refractivity (Wildman–Crippen MR) is 82.0 cm³/mol. The number of amides is 1. The highest BCUT2D eigenvalue weighted by Gasteiger charge is 2.30. The molecule has 0 bridgehead atoms. The Hall–Kier alpha value is -2.07. The Morgan fingerprint density at radius 1 is 1.35 bits per heavy atom. The zero-order valence-corrected chi connectivity index (χ0v) is 12.0. The van der Waals surface area contributed by atoms with E-state index in [1.807, 2.05) is 48.7 Å². The van der Waals surface area contributed by atoms with Crippen LogP contribution in [-0.4, -0.2) is 12.7 Å². The van der Waals surface area contributed by atoms with E-state index in [9.17, 15) is 4.79 Å². The van der Waals surface area contributed by atoms with Gasteiger partial charge in [0.1, 0.15) is 0 Å². The monoisotopic (exact) mass is 285 g/mol. The number of carbonyl (C=O) groups excluding carboxylic acids is 1. The van der Waals surface area contributed by atoms with Gasteiger partial charge in [-0.2, -0.15) is 11.3 Å². The number of rotatable bonds is 2. The average Bonchev–Trinajstić information content (AvgIpc) is 3.00. The summed E-state index contributed by atoms with van der Waals surface area (Å²) in [6.45, 7) is 2.20. The van der Waals surface area contributed by atoms with Crippen molar-refractivity contribution in [2.45, 2.75) is 13.0 Å². The lowest BCUT2D eigenvalue weighted by Crippen LogP contribution is -2.36. The van der Waals surface area contributed by atoms with Crippen LogP contribution in [0.3, 0.4) is 0 Å². The lowest BCUT2D eigenvalue weighted by atomic mass is 10.00. The van der Waals surface area contributed by atoms with Crippen LogP contribution in [0, 0.1) is 0 Å². The van der Waals surface area contributed by atoms with E-state index in [-0.39, 0.29) is 12.1 Å². The topological polar surface area (TPSA) is 29.5 Å². The maximum absolute atomic E-state index is 12.3. The molecule has 1 aromatic heterocycles. The number of anilines is 1. The van der Waals surface area contributed by atoms with Gasteiger partial charge in [0.15, 0.2) is 0 Å². The molecule has 1 aliphatic heterocycles. The van der Waals surface area contributed by atoms with Crippen molar-refractivity contribution in [1.29, 1.82) is 0 Å². The van der Waals surface area contributed by atoms with Crippen molar-refractivity contribution < 1.29 is 9.53 Å². The van der Waals surface area contributed by atoms with Crippen molar-refractivity contribution in [3.05, 3.63) is 58.3 Å². The van der Waals surface area contributed by atoms with Crippen molar-refractivity contribution in [3.8, 4) is 0 Å². The van der Waals surface area contributed by atoms with Gasteiger partial charge in [0, 0.05) is 0 Å². The zero-order chi connectivity index (χ0) is 13.9. The van der Waals surface area contributed by atoms with Gasteiger partial charge in [-0.1, -0.05) is 30.4 Å². The van der Waals surface area contributed by atoms with Gasteiger partial charge in [-0.3, -0.25) is 4.90 Å². The number of nitrogens with zero attached hydrogens (tertiary/aromatic N) is 1. The van der Waals surface area contributed by atoms with Crippen LogP contribution in [0.5, 0.6) is 0 Å². The molecule has 102 valence electrons. The fraction of sp³-hybridized carbons (Fsp3) is 0.188. The molecule has 4 heteroatoms. The quantitative estimate of drug-likeness (QED) is 0.814. The number of thiophene rings is 1. The second kappa shape index (κ2) is 5.51. The number of benzene rings is 1. The maximum atomic E-state index is 12.3. The minimum atomic E-state index is -0.305. The first-order chi connectivity index (χ1) is 9.81. The van der Waals surface area contributed by atoms with Crippen LogP contribution >= 0.6 is 11.3 Å². The first-order valence-electron chi connectivity index (χ1n) is 6.56. The summed E-state index contributed by atoms with van der Waals surface area (Å²) in [4.78, 5) is 14.1. The van der Waals surface area contributed by atoms with Gasteiger partial charge in [-0.25, -0.2) is 4.79 Å². The smallest absolute Gasteiger partial charge is 0.415 e. The van der Waals surface area contributed by atoms with Gasteiger partial charge < -0.3 is 4.74 Å². The summed E-state index contributed by atoms with van der Waals surface area (Å²) in [5, 5.41) is 4.09. The van der Waals surface area contributed by atoms with Gasteiger partial charge in [-0.05, 0) is 40.9 Å². The first kappa shape index (κ1) is 12.9. The molecule has 20 heavy (non-hydrogen) atoms. The molecule has 1 aliphatic rings. The van der Waals surface area contributed by atoms with Crippen molar-refractivity contribution in [3.63, 3.8) is 0 Å². The van der Waals surface area contributed by atoms with Gasteiger partial charge in [0.05, 0.1) is 18.3 Å². The fourth-order valence-corrected chi connectivity index (χ4v) is 3.08. The summed E-state index contributed by atoms with van der Waals surface area (Å²) >= 11 is 1.63. The highest BCUT2D eigenvalue weighted by Crippen LogP contribution is 2.37.